The van der Waals surface area contributed by atoms with Crippen molar-refractivity contribution in [2.24, 2.45) is 0 Å². The molecule has 0 saturated carbocycles. The fourth-order valence-electron chi connectivity index (χ4n) is 7.44. The molecule has 304 valence electrons. The molecule has 0 aliphatic carbocycles. The zero-order valence-corrected chi connectivity index (χ0v) is 33.0. The van der Waals surface area contributed by atoms with Crippen molar-refractivity contribution in [3.8, 4) is 16.9 Å². The van der Waals surface area contributed by atoms with Crippen LogP contribution >= 0.6 is 0 Å². The van der Waals surface area contributed by atoms with Crippen molar-refractivity contribution in [3.63, 3.8) is 0 Å². The van der Waals surface area contributed by atoms with Crippen molar-refractivity contribution in [2.45, 2.75) is 70.0 Å². The number of nitrogens with zero attached hydrogens (tertiary/aromatic N) is 2. The number of pyridine rings is 1. The molecular formula is C46H53N5O7. The number of fused-ring (bicyclic) bond motifs is 1. The molecular weight excluding hydrogens is 735 g/mol. The number of carbonyl (C=O) groups excluding carboxylic acids is 3. The Bertz CT molecular complexity index is 2220. The Kier molecular flexibility index (Phi) is 14.7. The first kappa shape index (κ1) is 41.6. The average Bonchev–Trinajstić information content (AvgIpc) is 3.23. The van der Waals surface area contributed by atoms with Crippen molar-refractivity contribution in [2.75, 3.05) is 43.9 Å². The van der Waals surface area contributed by atoms with Gasteiger partial charge in [-0.2, -0.15) is 0 Å². The quantitative estimate of drug-likeness (QED) is 0.0601. The maximum Gasteiger partial charge on any atom is 0.411 e. The van der Waals surface area contributed by atoms with Crippen LogP contribution in [-0.2, 0) is 20.7 Å². The summed E-state index contributed by atoms with van der Waals surface area (Å²) >= 11 is 0. The van der Waals surface area contributed by atoms with E-state index in [0.717, 1.165) is 29.8 Å². The molecule has 1 aliphatic heterocycles. The van der Waals surface area contributed by atoms with Crippen molar-refractivity contribution >= 4 is 40.2 Å². The molecule has 6 rings (SSSR count). The summed E-state index contributed by atoms with van der Waals surface area (Å²) in [6.07, 6.45) is 3.99. The molecule has 1 aliphatic rings. The summed E-state index contributed by atoms with van der Waals surface area (Å²) in [6.45, 7) is 2.72. The summed E-state index contributed by atoms with van der Waals surface area (Å²) in [6, 6.07) is 31.4. The molecule has 12 heteroatoms. The first-order valence-electron chi connectivity index (χ1n) is 20.1. The van der Waals surface area contributed by atoms with Gasteiger partial charge in [-0.05, 0) is 92.0 Å². The molecule has 0 bridgehead atoms. The maximum atomic E-state index is 12.9. The molecule has 1 aromatic heterocycles. The number of aryl methyl sites for hydroxylation is 1. The molecule has 0 radical (unpaired) electrons. The highest BCUT2D eigenvalue weighted by Gasteiger charge is 2.24. The molecule has 5 N–H and O–H groups in total. The Morgan fingerprint density at radius 1 is 0.879 bits per heavy atom. The van der Waals surface area contributed by atoms with E-state index in [1.807, 2.05) is 78.9 Å². The van der Waals surface area contributed by atoms with Gasteiger partial charge in [0.15, 0.2) is 0 Å². The third kappa shape index (κ3) is 11.8. The largest absolute Gasteiger partial charge is 0.506 e. The summed E-state index contributed by atoms with van der Waals surface area (Å²) in [7, 11) is 1.80. The molecule has 1 atom stereocenters. The van der Waals surface area contributed by atoms with Gasteiger partial charge in [-0.25, -0.2) is 4.79 Å². The summed E-state index contributed by atoms with van der Waals surface area (Å²) < 4.78 is 5.76. The lowest BCUT2D eigenvalue weighted by Gasteiger charge is -2.31. The number of anilines is 2. The smallest absolute Gasteiger partial charge is 0.411 e. The number of amides is 3. The number of carbonyl (C=O) groups is 3. The average molecular weight is 788 g/mol. The Labute approximate surface area is 338 Å². The fourth-order valence-corrected chi connectivity index (χ4v) is 7.44. The second-order valence-corrected chi connectivity index (χ2v) is 14.9. The number of hydrogen-bond acceptors (Lipinski definition) is 8. The number of ether oxygens (including phenoxy) is 1. The number of H-pyrrole nitrogens is 1. The van der Waals surface area contributed by atoms with Crippen molar-refractivity contribution in [1.29, 1.82) is 0 Å². The van der Waals surface area contributed by atoms with Crippen LogP contribution in [0.15, 0.2) is 108 Å². The zero-order chi connectivity index (χ0) is 40.9. The lowest BCUT2D eigenvalue weighted by Crippen LogP contribution is -2.40. The monoisotopic (exact) mass is 787 g/mol. The molecule has 12 nitrogen and oxygen atoms in total. The van der Waals surface area contributed by atoms with Crippen molar-refractivity contribution in [1.82, 2.24) is 14.8 Å². The van der Waals surface area contributed by atoms with Gasteiger partial charge >= 0.3 is 6.09 Å². The van der Waals surface area contributed by atoms with Crippen LogP contribution in [0.4, 0.5) is 16.2 Å². The molecule has 5 aromatic rings. The number of benzene rings is 4. The fraction of sp³-hybridized carbons (Fsp3) is 0.348. The zero-order valence-electron chi connectivity index (χ0n) is 33.0. The van der Waals surface area contributed by atoms with E-state index in [9.17, 15) is 29.4 Å². The van der Waals surface area contributed by atoms with Crippen LogP contribution in [-0.4, -0.2) is 82.2 Å². The highest BCUT2D eigenvalue weighted by Crippen LogP contribution is 2.31. The van der Waals surface area contributed by atoms with E-state index in [0.29, 0.717) is 98.7 Å². The second-order valence-electron chi connectivity index (χ2n) is 14.9. The third-order valence-corrected chi connectivity index (χ3v) is 10.7. The number of aromatic hydroxyl groups is 1. The molecule has 1 fully saturated rings. The lowest BCUT2D eigenvalue weighted by molar-refractivity contribution is -0.130. The Balaban J connectivity index is 0.830. The van der Waals surface area contributed by atoms with Gasteiger partial charge in [0.2, 0.25) is 17.4 Å². The van der Waals surface area contributed by atoms with Gasteiger partial charge in [0, 0.05) is 68.8 Å². The van der Waals surface area contributed by atoms with Gasteiger partial charge in [-0.1, -0.05) is 66.7 Å². The van der Waals surface area contributed by atoms with Crippen LogP contribution < -0.4 is 16.2 Å². The van der Waals surface area contributed by atoms with Crippen LogP contribution in [0.25, 0.3) is 22.0 Å². The predicted molar refractivity (Wildman–Crippen MR) is 227 cm³/mol. The molecule has 2 heterocycles. The number of aliphatic hydroxyl groups is 1. The number of piperidine rings is 1. The van der Waals surface area contributed by atoms with Gasteiger partial charge < -0.3 is 35.1 Å². The van der Waals surface area contributed by atoms with E-state index in [4.69, 9.17) is 4.74 Å². The van der Waals surface area contributed by atoms with Gasteiger partial charge in [-0.15, -0.1) is 0 Å². The summed E-state index contributed by atoms with van der Waals surface area (Å²) in [5.41, 5.74) is 5.03. The maximum absolute atomic E-state index is 12.9. The Morgan fingerprint density at radius 2 is 1.66 bits per heavy atom. The predicted octanol–water partition coefficient (Wildman–Crippen LogP) is 7.63. The first-order valence-corrected chi connectivity index (χ1v) is 20.1. The summed E-state index contributed by atoms with van der Waals surface area (Å²) in [5, 5.41) is 27.5. The topological polar surface area (TPSA) is 164 Å². The van der Waals surface area contributed by atoms with Gasteiger partial charge in [-0.3, -0.25) is 19.7 Å². The number of rotatable bonds is 17. The number of aliphatic hydroxyl groups excluding tert-OH is 1. The highest BCUT2D eigenvalue weighted by molar-refractivity contribution is 5.92. The molecule has 4 aromatic carbocycles. The number of likely N-dealkylation sites (tertiary alicyclic amines) is 1. The number of para-hydroxylation sites is 1. The number of nitrogens with one attached hydrogen (secondary N) is 3. The number of hydrogen-bond donors (Lipinski definition) is 5. The van der Waals surface area contributed by atoms with E-state index in [1.54, 1.807) is 24.1 Å². The van der Waals surface area contributed by atoms with E-state index in [-0.39, 0.29) is 29.2 Å². The van der Waals surface area contributed by atoms with E-state index in [1.165, 1.54) is 12.1 Å². The third-order valence-electron chi connectivity index (χ3n) is 10.7. The van der Waals surface area contributed by atoms with Crippen molar-refractivity contribution < 1.29 is 29.3 Å². The highest BCUT2D eigenvalue weighted by atomic mass is 16.6. The Morgan fingerprint density at radius 3 is 2.47 bits per heavy atom. The Hall–Kier alpha value is -5.98. The number of phenols is 1. The van der Waals surface area contributed by atoms with Crippen LogP contribution in [0.2, 0.25) is 0 Å². The van der Waals surface area contributed by atoms with Gasteiger partial charge in [0.25, 0.3) is 0 Å². The minimum absolute atomic E-state index is 0.0424. The minimum Gasteiger partial charge on any atom is -0.506 e. The standard InChI is InChI=1S/C46H53N5O7/c1-50(44(56)26-30-51-28-24-35(25-29-51)58-46(57)48-39-17-6-5-16-36(39)33-13-3-2-4-14-33)27-8-7-19-42(54)47-34-15-9-11-32(31-34)12-10-18-40(52)37-20-22-41(53)45-38(37)21-23-43(55)49-45/h2-6,9,11,13-17,20-23,31,35,40,52-53H,7-8,10,12,18-19,24-30H2,1H3,(H,47,54)(H,48,57)(H,49,55)/t40-/m0/s1. The van der Waals surface area contributed by atoms with E-state index < -0.39 is 12.2 Å². The van der Waals surface area contributed by atoms with E-state index >= 15 is 0 Å². The van der Waals surface area contributed by atoms with E-state index in [2.05, 4.69) is 20.5 Å². The number of aromatic amines is 1. The first-order chi connectivity index (χ1) is 28.1. The molecule has 0 unspecified atom stereocenters. The molecule has 0 spiro atoms. The van der Waals surface area contributed by atoms with Crippen LogP contribution in [0.5, 0.6) is 5.75 Å². The molecule has 3 amide bonds. The van der Waals surface area contributed by atoms with Crippen LogP contribution in [0.1, 0.15) is 68.6 Å². The number of unbranched alkanes of at least 4 members (excludes halogenated alkanes) is 1. The van der Waals surface area contributed by atoms with Gasteiger partial charge in [0.1, 0.15) is 11.9 Å². The minimum atomic E-state index is -0.770. The normalized spacial score (nSPS) is 13.8. The second kappa shape index (κ2) is 20.4. The lowest BCUT2D eigenvalue weighted by atomic mass is 9.97. The number of aromatic nitrogens is 1. The van der Waals surface area contributed by atoms with Crippen molar-refractivity contribution in [3.05, 3.63) is 125 Å². The van der Waals surface area contributed by atoms with Crippen LogP contribution in [0.3, 0.4) is 0 Å². The SMILES string of the molecule is CN(CCCCC(=O)Nc1cccc(CCC[C@H](O)c2ccc(O)c3[nH]c(=O)ccc23)c1)C(=O)CCN1CCC(OC(=O)Nc2ccccc2-c2ccccc2)CC1. The summed E-state index contributed by atoms with van der Waals surface area (Å²) in [4.78, 5) is 56.7. The number of phenolic OH excluding ortho intramolecular Hbond substituents is 1. The molecule has 1 saturated heterocycles. The van der Waals surface area contributed by atoms with Crippen LogP contribution in [0, 0.1) is 0 Å². The molecule has 58 heavy (non-hydrogen) atoms. The summed E-state index contributed by atoms with van der Waals surface area (Å²) in [5.74, 6) is -0.0590. The van der Waals surface area contributed by atoms with Gasteiger partial charge in [0.05, 0.1) is 17.3 Å².